The van der Waals surface area contributed by atoms with Gasteiger partial charge >= 0.3 is 5.97 Å². The van der Waals surface area contributed by atoms with E-state index in [0.717, 1.165) is 16.9 Å². The largest absolute Gasteiger partial charge is 0.478 e. The fourth-order valence-electron chi connectivity index (χ4n) is 2.57. The van der Waals surface area contributed by atoms with Gasteiger partial charge in [0.2, 0.25) is 0 Å². The van der Waals surface area contributed by atoms with Crippen molar-refractivity contribution in [3.05, 3.63) is 41.6 Å². The molecular formula is C18H23N3O3. The normalized spacial score (nSPS) is 10.5. The van der Waals surface area contributed by atoms with Crippen LogP contribution in [0.3, 0.4) is 0 Å². The Bertz CT molecular complexity index is 727. The fourth-order valence-corrected chi connectivity index (χ4v) is 2.57. The number of carboxylic acid groups (broad SMARTS) is 1. The summed E-state index contributed by atoms with van der Waals surface area (Å²) in [5.74, 6) is -0.669. The van der Waals surface area contributed by atoms with Crippen LogP contribution in [0.4, 0.5) is 11.5 Å². The number of likely N-dealkylation sites (N-methyl/N-ethyl adjacent to an activating group) is 1. The first kappa shape index (κ1) is 17.7. The van der Waals surface area contributed by atoms with Gasteiger partial charge in [-0.15, -0.1) is 0 Å². The summed E-state index contributed by atoms with van der Waals surface area (Å²) >= 11 is 0. The smallest absolute Gasteiger partial charge is 0.340 e. The van der Waals surface area contributed by atoms with Crippen molar-refractivity contribution in [2.75, 3.05) is 44.1 Å². The molecule has 0 aliphatic heterocycles. The fraction of sp³-hybridized carbons (Fsp3) is 0.333. The molecule has 128 valence electrons. The van der Waals surface area contributed by atoms with Crippen LogP contribution in [0.15, 0.2) is 30.3 Å². The molecule has 0 bridgehead atoms. The molecular weight excluding hydrogens is 306 g/mol. The summed E-state index contributed by atoms with van der Waals surface area (Å²) in [6, 6.07) is 9.50. The number of hydrogen-bond acceptors (Lipinski definition) is 5. The molecule has 2 rings (SSSR count). The number of aromatic carboxylic acids is 1. The van der Waals surface area contributed by atoms with E-state index in [1.54, 1.807) is 18.0 Å². The highest BCUT2D eigenvalue weighted by atomic mass is 16.4. The van der Waals surface area contributed by atoms with E-state index in [-0.39, 0.29) is 12.2 Å². The molecule has 0 saturated heterocycles. The lowest BCUT2D eigenvalue weighted by Crippen LogP contribution is -2.25. The quantitative estimate of drug-likeness (QED) is 0.846. The Morgan fingerprint density at radius 1 is 1.17 bits per heavy atom. The number of carboxylic acids is 1. The number of anilines is 2. The number of aliphatic hydroxyl groups excluding tert-OH is 1. The van der Waals surface area contributed by atoms with Gasteiger partial charge in [-0.1, -0.05) is 12.1 Å². The molecule has 0 unspecified atom stereocenters. The predicted molar refractivity (Wildman–Crippen MR) is 96.1 cm³/mol. The minimum atomic E-state index is -1.03. The Balaban J connectivity index is 2.62. The van der Waals surface area contributed by atoms with Gasteiger partial charge in [0, 0.05) is 44.6 Å². The molecule has 0 fully saturated rings. The molecule has 6 nitrogen and oxygen atoms in total. The molecule has 0 atom stereocenters. The minimum absolute atomic E-state index is 0.0714. The zero-order chi connectivity index (χ0) is 17.9. The first-order valence-corrected chi connectivity index (χ1v) is 7.69. The summed E-state index contributed by atoms with van der Waals surface area (Å²) in [6.45, 7) is 2.08. The highest BCUT2D eigenvalue weighted by molar-refractivity contribution is 6.01. The van der Waals surface area contributed by atoms with Crippen molar-refractivity contribution in [1.29, 1.82) is 0 Å². The number of pyridine rings is 1. The second-order valence-corrected chi connectivity index (χ2v) is 5.90. The molecule has 0 saturated carbocycles. The van der Waals surface area contributed by atoms with Gasteiger partial charge in [-0.2, -0.15) is 0 Å². The SMILES string of the molecule is Cc1cc(-c2ccc(N(C)C)cc2)c(C(=O)O)c(N(C)CCO)n1. The van der Waals surface area contributed by atoms with E-state index in [1.165, 1.54) is 0 Å². The topological polar surface area (TPSA) is 76.9 Å². The maximum atomic E-state index is 11.9. The van der Waals surface area contributed by atoms with Gasteiger partial charge in [0.15, 0.2) is 0 Å². The molecule has 2 N–H and O–H groups in total. The van der Waals surface area contributed by atoms with Crippen LogP contribution in [-0.2, 0) is 0 Å². The van der Waals surface area contributed by atoms with Crippen molar-refractivity contribution >= 4 is 17.5 Å². The lowest BCUT2D eigenvalue weighted by Gasteiger charge is -2.21. The second kappa shape index (κ2) is 7.31. The monoisotopic (exact) mass is 329 g/mol. The standard InChI is InChI=1S/C18H23N3O3/c1-12-11-15(13-5-7-14(8-6-13)20(2)3)16(18(23)24)17(19-12)21(4)9-10-22/h5-8,11,22H,9-10H2,1-4H3,(H,23,24). The van der Waals surface area contributed by atoms with Crippen LogP contribution >= 0.6 is 0 Å². The third-order valence-electron chi connectivity index (χ3n) is 3.83. The zero-order valence-corrected chi connectivity index (χ0v) is 14.4. The van der Waals surface area contributed by atoms with Gasteiger partial charge in [0.25, 0.3) is 0 Å². The predicted octanol–water partition coefficient (Wildman–Crippen LogP) is 2.25. The Labute approximate surface area is 142 Å². The Hall–Kier alpha value is -2.60. The van der Waals surface area contributed by atoms with Crippen molar-refractivity contribution < 1.29 is 15.0 Å². The lowest BCUT2D eigenvalue weighted by atomic mass is 9.99. The minimum Gasteiger partial charge on any atom is -0.478 e. The summed E-state index contributed by atoms with van der Waals surface area (Å²) in [6.07, 6.45) is 0. The average molecular weight is 329 g/mol. The van der Waals surface area contributed by atoms with Gasteiger partial charge in [0.1, 0.15) is 11.4 Å². The van der Waals surface area contributed by atoms with Gasteiger partial charge < -0.3 is 20.0 Å². The molecule has 0 spiro atoms. The van der Waals surface area contributed by atoms with Crippen LogP contribution in [0.2, 0.25) is 0 Å². The van der Waals surface area contributed by atoms with Crippen molar-refractivity contribution in [3.63, 3.8) is 0 Å². The van der Waals surface area contributed by atoms with Crippen LogP contribution < -0.4 is 9.80 Å². The Kier molecular flexibility index (Phi) is 5.41. The highest BCUT2D eigenvalue weighted by Crippen LogP contribution is 2.31. The number of nitrogens with zero attached hydrogens (tertiary/aromatic N) is 3. The van der Waals surface area contributed by atoms with E-state index < -0.39 is 5.97 Å². The van der Waals surface area contributed by atoms with E-state index in [1.807, 2.05) is 50.2 Å². The van der Waals surface area contributed by atoms with Crippen LogP contribution in [0.5, 0.6) is 0 Å². The van der Waals surface area contributed by atoms with Crippen molar-refractivity contribution in [3.8, 4) is 11.1 Å². The molecule has 1 aromatic carbocycles. The summed E-state index contributed by atoms with van der Waals surface area (Å²) in [7, 11) is 5.63. The number of benzene rings is 1. The third kappa shape index (κ3) is 3.65. The van der Waals surface area contributed by atoms with Crippen LogP contribution in [-0.4, -0.2) is 55.5 Å². The van der Waals surface area contributed by atoms with Crippen molar-refractivity contribution in [2.45, 2.75) is 6.92 Å². The second-order valence-electron chi connectivity index (χ2n) is 5.90. The number of rotatable bonds is 6. The third-order valence-corrected chi connectivity index (χ3v) is 3.83. The maximum absolute atomic E-state index is 11.9. The van der Waals surface area contributed by atoms with E-state index in [4.69, 9.17) is 5.11 Å². The molecule has 2 aromatic rings. The molecule has 24 heavy (non-hydrogen) atoms. The van der Waals surface area contributed by atoms with Crippen LogP contribution in [0.1, 0.15) is 16.1 Å². The maximum Gasteiger partial charge on any atom is 0.340 e. The number of aromatic nitrogens is 1. The summed E-state index contributed by atoms with van der Waals surface area (Å²) in [5.41, 5.74) is 3.36. The van der Waals surface area contributed by atoms with E-state index in [0.29, 0.717) is 17.9 Å². The van der Waals surface area contributed by atoms with Crippen molar-refractivity contribution in [2.24, 2.45) is 0 Å². The molecule has 0 aliphatic carbocycles. The van der Waals surface area contributed by atoms with Crippen molar-refractivity contribution in [1.82, 2.24) is 4.98 Å². The van der Waals surface area contributed by atoms with E-state index >= 15 is 0 Å². The Morgan fingerprint density at radius 2 is 1.79 bits per heavy atom. The number of aryl methyl sites for hydroxylation is 1. The summed E-state index contributed by atoms with van der Waals surface area (Å²) in [5, 5.41) is 18.9. The Morgan fingerprint density at radius 3 is 2.29 bits per heavy atom. The lowest BCUT2D eigenvalue weighted by molar-refractivity contribution is 0.0698. The van der Waals surface area contributed by atoms with Gasteiger partial charge in [-0.3, -0.25) is 0 Å². The number of carbonyl (C=O) groups is 1. The zero-order valence-electron chi connectivity index (χ0n) is 14.4. The number of hydrogen-bond donors (Lipinski definition) is 2. The van der Waals surface area contributed by atoms with Crippen LogP contribution in [0.25, 0.3) is 11.1 Å². The van der Waals surface area contributed by atoms with Gasteiger partial charge in [-0.05, 0) is 30.7 Å². The number of aliphatic hydroxyl groups is 1. The molecule has 0 aliphatic rings. The molecule has 1 aromatic heterocycles. The average Bonchev–Trinajstić information content (AvgIpc) is 2.54. The highest BCUT2D eigenvalue weighted by Gasteiger charge is 2.21. The van der Waals surface area contributed by atoms with E-state index in [9.17, 15) is 9.90 Å². The molecule has 0 amide bonds. The molecule has 0 radical (unpaired) electrons. The first-order valence-electron chi connectivity index (χ1n) is 7.69. The first-order chi connectivity index (χ1) is 11.3. The van der Waals surface area contributed by atoms with E-state index in [2.05, 4.69) is 4.98 Å². The molecule has 6 heteroatoms. The molecule has 1 heterocycles. The van der Waals surface area contributed by atoms with Gasteiger partial charge in [0.05, 0.1) is 6.61 Å². The van der Waals surface area contributed by atoms with Gasteiger partial charge in [-0.25, -0.2) is 9.78 Å². The summed E-state index contributed by atoms with van der Waals surface area (Å²) < 4.78 is 0. The summed E-state index contributed by atoms with van der Waals surface area (Å²) in [4.78, 5) is 19.9. The van der Waals surface area contributed by atoms with Crippen LogP contribution in [0, 0.1) is 6.92 Å².